The van der Waals surface area contributed by atoms with Crippen LogP contribution in [0.1, 0.15) is 19.8 Å². The van der Waals surface area contributed by atoms with E-state index < -0.39 is 11.8 Å². The van der Waals surface area contributed by atoms with E-state index in [0.29, 0.717) is 5.69 Å². The number of nitrogens with zero attached hydrogens (tertiary/aromatic N) is 1. The van der Waals surface area contributed by atoms with Crippen LogP contribution in [0.4, 0.5) is 5.69 Å². The number of likely N-dealkylation sites (tertiary alicyclic amines) is 1. The van der Waals surface area contributed by atoms with Gasteiger partial charge in [0.05, 0.1) is 6.17 Å². The number of anilines is 1. The predicted molar refractivity (Wildman–Crippen MR) is 73.5 cm³/mol. The lowest BCUT2D eigenvalue weighted by Gasteiger charge is -2.24. The number of rotatable bonds is 3. The third-order valence-corrected chi connectivity index (χ3v) is 3.27. The summed E-state index contributed by atoms with van der Waals surface area (Å²) in [6.07, 6.45) is 2.20. The standard InChI is InChI=1S/C14H19N3O2/c1-11(17-9-5-6-10-17)15-13(18)14(19)16-12-7-3-2-4-8-12/h2-4,7-8,11H,5-6,9-10H2,1H3,(H,15,18)(H,16,19). The number of amides is 2. The molecule has 1 aliphatic heterocycles. The highest BCUT2D eigenvalue weighted by Crippen LogP contribution is 2.10. The Labute approximate surface area is 113 Å². The molecule has 2 amide bonds. The Morgan fingerprint density at radius 1 is 1.11 bits per heavy atom. The van der Waals surface area contributed by atoms with Crippen LogP contribution in [0.5, 0.6) is 0 Å². The van der Waals surface area contributed by atoms with Crippen molar-refractivity contribution >= 4 is 17.5 Å². The zero-order chi connectivity index (χ0) is 13.7. The minimum atomic E-state index is -0.628. The van der Waals surface area contributed by atoms with Crippen molar-refractivity contribution in [3.8, 4) is 0 Å². The zero-order valence-electron chi connectivity index (χ0n) is 11.1. The van der Waals surface area contributed by atoms with Gasteiger partial charge in [0.15, 0.2) is 0 Å². The lowest BCUT2D eigenvalue weighted by atomic mass is 10.3. The van der Waals surface area contributed by atoms with Gasteiger partial charge in [0.25, 0.3) is 0 Å². The number of benzene rings is 1. The van der Waals surface area contributed by atoms with Gasteiger partial charge >= 0.3 is 11.8 Å². The first-order chi connectivity index (χ1) is 9.16. The van der Waals surface area contributed by atoms with E-state index in [2.05, 4.69) is 15.5 Å². The van der Waals surface area contributed by atoms with Gasteiger partial charge in [0, 0.05) is 18.8 Å². The second-order valence-corrected chi connectivity index (χ2v) is 4.71. The molecule has 0 bridgehead atoms. The lowest BCUT2D eigenvalue weighted by molar-refractivity contribution is -0.137. The Morgan fingerprint density at radius 3 is 2.37 bits per heavy atom. The molecule has 1 aromatic rings. The van der Waals surface area contributed by atoms with Crippen LogP contribution < -0.4 is 10.6 Å². The molecule has 1 atom stereocenters. The minimum Gasteiger partial charge on any atom is -0.333 e. The average molecular weight is 261 g/mol. The Morgan fingerprint density at radius 2 is 1.74 bits per heavy atom. The molecule has 0 aromatic heterocycles. The van der Waals surface area contributed by atoms with E-state index in [0.717, 1.165) is 25.9 Å². The SMILES string of the molecule is CC(NC(=O)C(=O)Nc1ccccc1)N1CCCC1. The second-order valence-electron chi connectivity index (χ2n) is 4.71. The molecular formula is C14H19N3O2. The Hall–Kier alpha value is -1.88. The number of hydrogen-bond acceptors (Lipinski definition) is 3. The van der Waals surface area contributed by atoms with Crippen LogP contribution in [0.3, 0.4) is 0 Å². The van der Waals surface area contributed by atoms with E-state index in [-0.39, 0.29) is 6.17 Å². The molecule has 2 rings (SSSR count). The summed E-state index contributed by atoms with van der Waals surface area (Å²) < 4.78 is 0. The molecule has 0 spiro atoms. The summed E-state index contributed by atoms with van der Waals surface area (Å²) in [4.78, 5) is 25.6. The van der Waals surface area contributed by atoms with Crippen LogP contribution in [0.15, 0.2) is 30.3 Å². The number of para-hydroxylation sites is 1. The van der Waals surface area contributed by atoms with Crippen molar-refractivity contribution < 1.29 is 9.59 Å². The molecule has 0 radical (unpaired) electrons. The van der Waals surface area contributed by atoms with Crippen LogP contribution in [0.25, 0.3) is 0 Å². The molecule has 5 heteroatoms. The molecule has 1 fully saturated rings. The molecule has 0 aliphatic carbocycles. The zero-order valence-corrected chi connectivity index (χ0v) is 11.1. The summed E-state index contributed by atoms with van der Waals surface area (Å²) in [7, 11) is 0. The van der Waals surface area contributed by atoms with Gasteiger partial charge in [0.2, 0.25) is 0 Å². The molecule has 102 valence electrons. The summed E-state index contributed by atoms with van der Waals surface area (Å²) in [6, 6.07) is 8.95. The van der Waals surface area contributed by atoms with Crippen molar-refractivity contribution in [2.75, 3.05) is 18.4 Å². The normalized spacial score (nSPS) is 16.9. The van der Waals surface area contributed by atoms with Gasteiger partial charge in [-0.05, 0) is 31.9 Å². The Kier molecular flexibility index (Phi) is 4.52. The number of carbonyl (C=O) groups is 2. The van der Waals surface area contributed by atoms with Crippen molar-refractivity contribution in [1.29, 1.82) is 0 Å². The summed E-state index contributed by atoms with van der Waals surface area (Å²) in [5.74, 6) is -1.22. The first-order valence-electron chi connectivity index (χ1n) is 6.58. The Bertz CT molecular complexity index is 441. The molecule has 5 nitrogen and oxygen atoms in total. The van der Waals surface area contributed by atoms with Crippen molar-refractivity contribution in [2.24, 2.45) is 0 Å². The summed E-state index contributed by atoms with van der Waals surface area (Å²) in [5.41, 5.74) is 0.622. The fraction of sp³-hybridized carbons (Fsp3) is 0.429. The van der Waals surface area contributed by atoms with Crippen molar-refractivity contribution in [1.82, 2.24) is 10.2 Å². The van der Waals surface area contributed by atoms with Crippen LogP contribution in [-0.2, 0) is 9.59 Å². The average Bonchev–Trinajstić information content (AvgIpc) is 2.93. The third kappa shape index (κ3) is 3.79. The molecule has 1 aliphatic rings. The highest BCUT2D eigenvalue weighted by molar-refractivity contribution is 6.39. The van der Waals surface area contributed by atoms with E-state index in [4.69, 9.17) is 0 Å². The third-order valence-electron chi connectivity index (χ3n) is 3.27. The predicted octanol–water partition coefficient (Wildman–Crippen LogP) is 1.18. The minimum absolute atomic E-state index is 0.100. The molecule has 1 unspecified atom stereocenters. The molecule has 1 aromatic carbocycles. The van der Waals surface area contributed by atoms with Crippen molar-refractivity contribution in [3.63, 3.8) is 0 Å². The van der Waals surface area contributed by atoms with Crippen LogP contribution in [0, 0.1) is 0 Å². The molecule has 1 heterocycles. The van der Waals surface area contributed by atoms with Gasteiger partial charge < -0.3 is 10.6 Å². The fourth-order valence-electron chi connectivity index (χ4n) is 2.18. The van der Waals surface area contributed by atoms with Crippen molar-refractivity contribution in [3.05, 3.63) is 30.3 Å². The van der Waals surface area contributed by atoms with E-state index in [1.165, 1.54) is 0 Å². The van der Waals surface area contributed by atoms with Gasteiger partial charge in [-0.1, -0.05) is 18.2 Å². The topological polar surface area (TPSA) is 61.4 Å². The first kappa shape index (κ1) is 13.5. The van der Waals surface area contributed by atoms with E-state index >= 15 is 0 Å². The monoisotopic (exact) mass is 261 g/mol. The van der Waals surface area contributed by atoms with Crippen LogP contribution >= 0.6 is 0 Å². The van der Waals surface area contributed by atoms with E-state index in [1.807, 2.05) is 13.0 Å². The molecule has 1 saturated heterocycles. The van der Waals surface area contributed by atoms with Gasteiger partial charge in [-0.3, -0.25) is 14.5 Å². The van der Waals surface area contributed by atoms with Gasteiger partial charge in [-0.2, -0.15) is 0 Å². The van der Waals surface area contributed by atoms with Gasteiger partial charge in [0.1, 0.15) is 0 Å². The quantitative estimate of drug-likeness (QED) is 0.803. The van der Waals surface area contributed by atoms with Gasteiger partial charge in [-0.25, -0.2) is 0 Å². The van der Waals surface area contributed by atoms with E-state index in [1.54, 1.807) is 24.3 Å². The highest BCUT2D eigenvalue weighted by atomic mass is 16.2. The molecule has 19 heavy (non-hydrogen) atoms. The molecule has 2 N–H and O–H groups in total. The lowest BCUT2D eigenvalue weighted by Crippen LogP contribution is -2.48. The maximum absolute atomic E-state index is 11.8. The largest absolute Gasteiger partial charge is 0.333 e. The van der Waals surface area contributed by atoms with Crippen molar-refractivity contribution in [2.45, 2.75) is 25.9 Å². The maximum Gasteiger partial charge on any atom is 0.313 e. The van der Waals surface area contributed by atoms with Crippen LogP contribution in [0.2, 0.25) is 0 Å². The maximum atomic E-state index is 11.8. The number of hydrogen-bond donors (Lipinski definition) is 2. The molecular weight excluding hydrogens is 242 g/mol. The summed E-state index contributed by atoms with van der Waals surface area (Å²) in [6.45, 7) is 3.85. The van der Waals surface area contributed by atoms with Gasteiger partial charge in [-0.15, -0.1) is 0 Å². The van der Waals surface area contributed by atoms with E-state index in [9.17, 15) is 9.59 Å². The number of nitrogens with one attached hydrogen (secondary N) is 2. The smallest absolute Gasteiger partial charge is 0.313 e. The molecule has 0 saturated carbocycles. The fourth-order valence-corrected chi connectivity index (χ4v) is 2.18. The second kappa shape index (κ2) is 6.33. The van der Waals surface area contributed by atoms with Crippen LogP contribution in [-0.4, -0.2) is 36.0 Å². The number of carbonyl (C=O) groups excluding carboxylic acids is 2. The summed E-state index contributed by atoms with van der Waals surface area (Å²) >= 11 is 0. The first-order valence-corrected chi connectivity index (χ1v) is 6.58. The summed E-state index contributed by atoms with van der Waals surface area (Å²) in [5, 5.41) is 5.28. The highest BCUT2D eigenvalue weighted by Gasteiger charge is 2.22. The Balaban J connectivity index is 1.83.